The highest BCUT2D eigenvalue weighted by molar-refractivity contribution is 5.78. The van der Waals surface area contributed by atoms with E-state index < -0.39 is 0 Å². The van der Waals surface area contributed by atoms with E-state index >= 15 is 0 Å². The summed E-state index contributed by atoms with van der Waals surface area (Å²) in [5, 5.41) is 0. The van der Waals surface area contributed by atoms with E-state index in [0.717, 1.165) is 31.1 Å². The summed E-state index contributed by atoms with van der Waals surface area (Å²) < 4.78 is 5.98. The highest BCUT2D eigenvalue weighted by atomic mass is 16.5. The third-order valence-corrected chi connectivity index (χ3v) is 3.85. The minimum absolute atomic E-state index is 0.346. The molecule has 1 rings (SSSR count). The number of hydrogen-bond donors (Lipinski definition) is 0. The second-order valence-corrected chi connectivity index (χ2v) is 5.18. The van der Waals surface area contributed by atoms with Crippen LogP contribution >= 0.6 is 0 Å². The Morgan fingerprint density at radius 1 is 1.18 bits per heavy atom. The Morgan fingerprint density at radius 2 is 1.94 bits per heavy atom. The van der Waals surface area contributed by atoms with Gasteiger partial charge >= 0.3 is 0 Å². The van der Waals surface area contributed by atoms with Crippen molar-refractivity contribution in [1.82, 2.24) is 0 Å². The van der Waals surface area contributed by atoms with Gasteiger partial charge in [0.2, 0.25) is 0 Å². The third kappa shape index (κ3) is 4.33. The molecular formula is C15H29NO. The van der Waals surface area contributed by atoms with Gasteiger partial charge in [-0.05, 0) is 25.2 Å². The topological polar surface area (TPSA) is 21.6 Å². The second-order valence-electron chi connectivity index (χ2n) is 5.18. The van der Waals surface area contributed by atoms with Gasteiger partial charge in [0.25, 0.3) is 0 Å². The molecule has 0 fully saturated rings. The first kappa shape index (κ1) is 14.5. The predicted octanol–water partition coefficient (Wildman–Crippen LogP) is 4.58. The monoisotopic (exact) mass is 239 g/mol. The van der Waals surface area contributed by atoms with Crippen molar-refractivity contribution in [2.75, 3.05) is 0 Å². The Bertz CT molecular complexity index is 237. The molecule has 0 radical (unpaired) electrons. The molecule has 17 heavy (non-hydrogen) atoms. The lowest BCUT2D eigenvalue weighted by Crippen LogP contribution is -2.21. The zero-order valence-electron chi connectivity index (χ0n) is 12.0. The molecule has 0 spiro atoms. The lowest BCUT2D eigenvalue weighted by molar-refractivity contribution is 0.177. The van der Waals surface area contributed by atoms with Crippen molar-refractivity contribution in [1.29, 1.82) is 0 Å². The average molecular weight is 239 g/mol. The van der Waals surface area contributed by atoms with Crippen molar-refractivity contribution in [3.63, 3.8) is 0 Å². The zero-order valence-corrected chi connectivity index (χ0v) is 12.0. The zero-order chi connectivity index (χ0) is 12.7. The largest absolute Gasteiger partial charge is 0.475 e. The molecular weight excluding hydrogens is 210 g/mol. The fraction of sp³-hybridized carbons (Fsp3) is 0.933. The third-order valence-electron chi connectivity index (χ3n) is 3.85. The SMILES string of the molecule is CCCCC(CC)CC1=NC(CC)C(CC)O1. The summed E-state index contributed by atoms with van der Waals surface area (Å²) in [6.07, 6.45) is 8.78. The summed E-state index contributed by atoms with van der Waals surface area (Å²) in [5.74, 6) is 1.80. The van der Waals surface area contributed by atoms with Gasteiger partial charge in [0.15, 0.2) is 5.90 Å². The molecule has 3 unspecified atom stereocenters. The molecule has 1 heterocycles. The van der Waals surface area contributed by atoms with Gasteiger partial charge in [0, 0.05) is 6.42 Å². The van der Waals surface area contributed by atoms with Crippen molar-refractivity contribution in [2.24, 2.45) is 10.9 Å². The van der Waals surface area contributed by atoms with Gasteiger partial charge in [0.05, 0.1) is 6.04 Å². The van der Waals surface area contributed by atoms with E-state index in [1.54, 1.807) is 0 Å². The van der Waals surface area contributed by atoms with Crippen molar-refractivity contribution in [3.05, 3.63) is 0 Å². The molecule has 0 bridgehead atoms. The van der Waals surface area contributed by atoms with Crippen LogP contribution in [0.25, 0.3) is 0 Å². The Balaban J connectivity index is 2.45. The number of unbranched alkanes of at least 4 members (excludes halogenated alkanes) is 1. The Hall–Kier alpha value is -0.530. The summed E-state index contributed by atoms with van der Waals surface area (Å²) in [6, 6.07) is 0.415. The minimum atomic E-state index is 0.346. The summed E-state index contributed by atoms with van der Waals surface area (Å²) in [5.41, 5.74) is 0. The van der Waals surface area contributed by atoms with Crippen molar-refractivity contribution >= 4 is 5.90 Å². The fourth-order valence-electron chi connectivity index (χ4n) is 2.55. The molecule has 0 aromatic heterocycles. The number of nitrogens with zero attached hydrogens (tertiary/aromatic N) is 1. The van der Waals surface area contributed by atoms with Gasteiger partial charge in [-0.2, -0.15) is 0 Å². The van der Waals surface area contributed by atoms with E-state index in [1.165, 1.54) is 25.7 Å². The summed E-state index contributed by atoms with van der Waals surface area (Å²) in [7, 11) is 0. The lowest BCUT2D eigenvalue weighted by atomic mass is 9.96. The lowest BCUT2D eigenvalue weighted by Gasteiger charge is -2.16. The molecule has 0 N–H and O–H groups in total. The van der Waals surface area contributed by atoms with E-state index in [-0.39, 0.29) is 0 Å². The predicted molar refractivity (Wildman–Crippen MR) is 74.6 cm³/mol. The number of ether oxygens (including phenoxy) is 1. The van der Waals surface area contributed by atoms with E-state index in [9.17, 15) is 0 Å². The average Bonchev–Trinajstić information content (AvgIpc) is 2.76. The molecule has 2 heteroatoms. The van der Waals surface area contributed by atoms with Crippen molar-refractivity contribution in [3.8, 4) is 0 Å². The van der Waals surface area contributed by atoms with Crippen LogP contribution in [-0.4, -0.2) is 18.0 Å². The smallest absolute Gasteiger partial charge is 0.184 e. The van der Waals surface area contributed by atoms with Crippen molar-refractivity contribution in [2.45, 2.75) is 84.8 Å². The Morgan fingerprint density at radius 3 is 2.41 bits per heavy atom. The second kappa shape index (κ2) is 7.73. The van der Waals surface area contributed by atoms with Crippen LogP contribution in [-0.2, 0) is 4.74 Å². The maximum Gasteiger partial charge on any atom is 0.184 e. The Kier molecular flexibility index (Phi) is 6.61. The molecule has 3 atom stereocenters. The molecule has 0 amide bonds. The van der Waals surface area contributed by atoms with Gasteiger partial charge in [0.1, 0.15) is 6.10 Å². The molecule has 1 aliphatic rings. The quantitative estimate of drug-likeness (QED) is 0.607. The van der Waals surface area contributed by atoms with Gasteiger partial charge in [-0.15, -0.1) is 0 Å². The Labute approximate surface area is 107 Å². The van der Waals surface area contributed by atoms with Crippen LogP contribution in [0.5, 0.6) is 0 Å². The number of aliphatic imine (C=N–C) groups is 1. The van der Waals surface area contributed by atoms with Crippen LogP contribution in [0.1, 0.15) is 72.6 Å². The van der Waals surface area contributed by atoms with Gasteiger partial charge in [-0.3, -0.25) is 0 Å². The van der Waals surface area contributed by atoms with E-state index in [1.807, 2.05) is 0 Å². The van der Waals surface area contributed by atoms with Crippen LogP contribution in [0.2, 0.25) is 0 Å². The maximum atomic E-state index is 5.98. The van der Waals surface area contributed by atoms with E-state index in [0.29, 0.717) is 12.1 Å². The number of rotatable bonds is 8. The summed E-state index contributed by atoms with van der Waals surface area (Å²) in [4.78, 5) is 4.75. The molecule has 0 aromatic rings. The first-order chi connectivity index (χ1) is 8.24. The van der Waals surface area contributed by atoms with Gasteiger partial charge in [-0.1, -0.05) is 47.0 Å². The van der Waals surface area contributed by atoms with Crippen LogP contribution < -0.4 is 0 Å². The standard InChI is InChI=1S/C15H29NO/c1-5-9-10-12(6-2)11-15-16-13(7-3)14(8-4)17-15/h12-14H,5-11H2,1-4H3. The maximum absolute atomic E-state index is 5.98. The van der Waals surface area contributed by atoms with Crippen LogP contribution in [0, 0.1) is 5.92 Å². The molecule has 0 aliphatic carbocycles. The van der Waals surface area contributed by atoms with E-state index in [4.69, 9.17) is 9.73 Å². The first-order valence-electron chi connectivity index (χ1n) is 7.48. The van der Waals surface area contributed by atoms with Gasteiger partial charge < -0.3 is 4.74 Å². The molecule has 0 aromatic carbocycles. The van der Waals surface area contributed by atoms with Crippen LogP contribution in [0.15, 0.2) is 4.99 Å². The fourth-order valence-corrected chi connectivity index (χ4v) is 2.55. The molecule has 0 saturated carbocycles. The molecule has 0 saturated heterocycles. The van der Waals surface area contributed by atoms with Crippen LogP contribution in [0.4, 0.5) is 0 Å². The van der Waals surface area contributed by atoms with E-state index in [2.05, 4.69) is 27.7 Å². The molecule has 2 nitrogen and oxygen atoms in total. The summed E-state index contributed by atoms with van der Waals surface area (Å²) in [6.45, 7) is 8.94. The van der Waals surface area contributed by atoms with Crippen LogP contribution in [0.3, 0.4) is 0 Å². The minimum Gasteiger partial charge on any atom is -0.475 e. The first-order valence-corrected chi connectivity index (χ1v) is 7.48. The molecule has 1 aliphatic heterocycles. The normalized spacial score (nSPS) is 25.5. The van der Waals surface area contributed by atoms with Crippen molar-refractivity contribution < 1.29 is 4.74 Å². The highest BCUT2D eigenvalue weighted by Gasteiger charge is 2.28. The van der Waals surface area contributed by atoms with Gasteiger partial charge in [-0.25, -0.2) is 4.99 Å². The summed E-state index contributed by atoms with van der Waals surface area (Å²) >= 11 is 0. The molecule has 100 valence electrons. The number of hydrogen-bond acceptors (Lipinski definition) is 2. The highest BCUT2D eigenvalue weighted by Crippen LogP contribution is 2.25.